The van der Waals surface area contributed by atoms with Crippen molar-refractivity contribution in [3.05, 3.63) is 98.5 Å². The highest BCUT2D eigenvalue weighted by Crippen LogP contribution is 2.26. The SMILES string of the molecule is N#C/C(=C\c1cc(Br)ccc1OCC(=O)Nc1ccccc1)C(=O)Nc1cccc([N+](=O)[O-])c1. The Morgan fingerprint density at radius 1 is 1.03 bits per heavy atom. The van der Waals surface area contributed by atoms with Crippen LogP contribution >= 0.6 is 15.9 Å². The van der Waals surface area contributed by atoms with Gasteiger partial charge in [-0.05, 0) is 42.5 Å². The number of ether oxygens (including phenoxy) is 1. The normalized spacial score (nSPS) is 10.6. The number of nitro groups is 1. The first-order chi connectivity index (χ1) is 16.4. The minimum atomic E-state index is -0.754. The van der Waals surface area contributed by atoms with Crippen LogP contribution in [0.1, 0.15) is 5.56 Å². The van der Waals surface area contributed by atoms with Crippen molar-refractivity contribution in [2.75, 3.05) is 17.2 Å². The fourth-order valence-corrected chi connectivity index (χ4v) is 3.20. The molecule has 0 aromatic heterocycles. The maximum absolute atomic E-state index is 12.6. The molecule has 0 unspecified atom stereocenters. The summed E-state index contributed by atoms with van der Waals surface area (Å²) >= 11 is 3.33. The van der Waals surface area contributed by atoms with Crippen molar-refractivity contribution in [2.24, 2.45) is 0 Å². The van der Waals surface area contributed by atoms with Crippen molar-refractivity contribution >= 4 is 50.9 Å². The van der Waals surface area contributed by atoms with E-state index in [0.717, 1.165) is 0 Å². The van der Waals surface area contributed by atoms with Gasteiger partial charge in [0, 0.05) is 33.5 Å². The molecule has 3 rings (SSSR count). The Bertz CT molecular complexity index is 1300. The van der Waals surface area contributed by atoms with E-state index >= 15 is 0 Å². The second-order valence-corrected chi connectivity index (χ2v) is 7.73. The zero-order chi connectivity index (χ0) is 24.5. The number of nitrogens with one attached hydrogen (secondary N) is 2. The maximum Gasteiger partial charge on any atom is 0.271 e. The molecule has 0 aliphatic rings. The highest BCUT2D eigenvalue weighted by Gasteiger charge is 2.14. The Kier molecular flexibility index (Phi) is 8.10. The molecule has 0 aliphatic carbocycles. The summed E-state index contributed by atoms with van der Waals surface area (Å²) in [6.07, 6.45) is 1.31. The maximum atomic E-state index is 12.6. The van der Waals surface area contributed by atoms with E-state index in [1.165, 1.54) is 30.3 Å². The summed E-state index contributed by atoms with van der Waals surface area (Å²) in [7, 11) is 0. The minimum Gasteiger partial charge on any atom is -0.483 e. The Morgan fingerprint density at radius 3 is 2.47 bits per heavy atom. The number of nitro benzene ring substituents is 1. The molecule has 3 aromatic rings. The lowest BCUT2D eigenvalue weighted by Crippen LogP contribution is -2.20. The quantitative estimate of drug-likeness (QED) is 0.187. The van der Waals surface area contributed by atoms with Crippen LogP contribution in [0.4, 0.5) is 17.1 Å². The van der Waals surface area contributed by atoms with Gasteiger partial charge in [0.05, 0.1) is 4.92 Å². The smallest absolute Gasteiger partial charge is 0.271 e. The third-order valence-electron chi connectivity index (χ3n) is 4.37. The number of rotatable bonds is 8. The molecule has 0 atom stereocenters. The van der Waals surface area contributed by atoms with Crippen LogP contribution in [0.3, 0.4) is 0 Å². The van der Waals surface area contributed by atoms with E-state index in [2.05, 4.69) is 26.6 Å². The van der Waals surface area contributed by atoms with Crippen LogP contribution in [-0.4, -0.2) is 23.3 Å². The lowest BCUT2D eigenvalue weighted by atomic mass is 10.1. The minimum absolute atomic E-state index is 0.170. The zero-order valence-electron chi connectivity index (χ0n) is 17.5. The first kappa shape index (κ1) is 24.2. The third kappa shape index (κ3) is 6.75. The van der Waals surface area contributed by atoms with E-state index in [4.69, 9.17) is 4.74 Å². The van der Waals surface area contributed by atoms with Gasteiger partial charge < -0.3 is 15.4 Å². The summed E-state index contributed by atoms with van der Waals surface area (Å²) in [5, 5.41) is 25.6. The predicted molar refractivity (Wildman–Crippen MR) is 130 cm³/mol. The number of non-ortho nitro benzene ring substituents is 1. The molecular formula is C24H17BrN4O5. The number of carbonyl (C=O) groups excluding carboxylic acids is 2. The Balaban J connectivity index is 1.76. The summed E-state index contributed by atoms with van der Waals surface area (Å²) in [6.45, 7) is -0.293. The van der Waals surface area contributed by atoms with Gasteiger partial charge in [-0.15, -0.1) is 0 Å². The van der Waals surface area contributed by atoms with E-state index in [-0.39, 0.29) is 35.2 Å². The monoisotopic (exact) mass is 520 g/mol. The van der Waals surface area contributed by atoms with Gasteiger partial charge >= 0.3 is 0 Å². The standard InChI is InChI=1S/C24H17BrN4O5/c25-18-9-10-22(34-15-23(30)27-19-5-2-1-3-6-19)16(12-18)11-17(14-26)24(31)28-20-7-4-8-21(13-20)29(32)33/h1-13H,15H2,(H,27,30)(H,28,31)/b17-11+. The summed E-state index contributed by atoms with van der Waals surface area (Å²) in [4.78, 5) is 35.2. The number of nitriles is 1. The average molecular weight is 521 g/mol. The molecule has 10 heteroatoms. The molecule has 0 saturated carbocycles. The van der Waals surface area contributed by atoms with Crippen LogP contribution in [0, 0.1) is 21.4 Å². The number of anilines is 2. The molecule has 170 valence electrons. The van der Waals surface area contributed by atoms with E-state index in [0.29, 0.717) is 15.7 Å². The van der Waals surface area contributed by atoms with E-state index < -0.39 is 10.8 Å². The van der Waals surface area contributed by atoms with Crippen molar-refractivity contribution in [3.8, 4) is 11.8 Å². The molecule has 0 fully saturated rings. The molecule has 0 spiro atoms. The highest BCUT2D eigenvalue weighted by atomic mass is 79.9. The molecular weight excluding hydrogens is 504 g/mol. The number of hydrogen-bond donors (Lipinski definition) is 2. The third-order valence-corrected chi connectivity index (χ3v) is 4.86. The van der Waals surface area contributed by atoms with Crippen molar-refractivity contribution in [1.29, 1.82) is 5.26 Å². The first-order valence-corrected chi connectivity index (χ1v) is 10.6. The van der Waals surface area contributed by atoms with E-state index in [1.54, 1.807) is 42.5 Å². The molecule has 34 heavy (non-hydrogen) atoms. The van der Waals surface area contributed by atoms with Crippen molar-refractivity contribution in [3.63, 3.8) is 0 Å². The van der Waals surface area contributed by atoms with Gasteiger partial charge in [0.1, 0.15) is 17.4 Å². The molecule has 0 radical (unpaired) electrons. The zero-order valence-corrected chi connectivity index (χ0v) is 19.1. The lowest BCUT2D eigenvalue weighted by molar-refractivity contribution is -0.384. The first-order valence-electron chi connectivity index (χ1n) is 9.80. The lowest BCUT2D eigenvalue weighted by Gasteiger charge is -2.11. The van der Waals surface area contributed by atoms with E-state index in [1.807, 2.05) is 12.1 Å². The molecule has 0 heterocycles. The van der Waals surface area contributed by atoms with Gasteiger partial charge in [-0.3, -0.25) is 19.7 Å². The van der Waals surface area contributed by atoms with Crippen LogP contribution in [0.15, 0.2) is 82.8 Å². The van der Waals surface area contributed by atoms with Crippen LogP contribution in [0.5, 0.6) is 5.75 Å². The van der Waals surface area contributed by atoms with Gasteiger partial charge in [-0.25, -0.2) is 0 Å². The Labute approximate surface area is 202 Å². The number of para-hydroxylation sites is 1. The molecule has 2 amide bonds. The largest absolute Gasteiger partial charge is 0.483 e. The fourth-order valence-electron chi connectivity index (χ4n) is 2.83. The number of benzene rings is 3. The summed E-state index contributed by atoms with van der Waals surface area (Å²) < 4.78 is 6.28. The van der Waals surface area contributed by atoms with Gasteiger partial charge in [0.25, 0.3) is 17.5 Å². The van der Waals surface area contributed by atoms with Crippen LogP contribution in [0.25, 0.3) is 6.08 Å². The van der Waals surface area contributed by atoms with Gasteiger partial charge in [-0.1, -0.05) is 40.2 Å². The number of carbonyl (C=O) groups is 2. The topological polar surface area (TPSA) is 134 Å². The van der Waals surface area contributed by atoms with Crippen molar-refractivity contribution in [1.82, 2.24) is 0 Å². The Morgan fingerprint density at radius 2 is 1.76 bits per heavy atom. The van der Waals surface area contributed by atoms with Crippen LogP contribution in [0.2, 0.25) is 0 Å². The van der Waals surface area contributed by atoms with Crippen LogP contribution < -0.4 is 15.4 Å². The second kappa shape index (κ2) is 11.4. The van der Waals surface area contributed by atoms with Gasteiger partial charge in [0.2, 0.25) is 0 Å². The molecule has 0 saturated heterocycles. The van der Waals surface area contributed by atoms with Gasteiger partial charge in [-0.2, -0.15) is 5.26 Å². The number of amides is 2. The van der Waals surface area contributed by atoms with Crippen molar-refractivity contribution < 1.29 is 19.2 Å². The Hall–Kier alpha value is -4.49. The predicted octanol–water partition coefficient (Wildman–Crippen LogP) is 4.92. The van der Waals surface area contributed by atoms with Crippen LogP contribution in [-0.2, 0) is 9.59 Å². The fraction of sp³-hybridized carbons (Fsp3) is 0.0417. The average Bonchev–Trinajstić information content (AvgIpc) is 2.82. The van der Waals surface area contributed by atoms with Gasteiger partial charge in [0.15, 0.2) is 6.61 Å². The molecule has 0 aliphatic heterocycles. The second-order valence-electron chi connectivity index (χ2n) is 6.82. The van der Waals surface area contributed by atoms with E-state index in [9.17, 15) is 25.0 Å². The molecule has 9 nitrogen and oxygen atoms in total. The molecule has 3 aromatic carbocycles. The highest BCUT2D eigenvalue weighted by molar-refractivity contribution is 9.10. The molecule has 0 bridgehead atoms. The summed E-state index contributed by atoms with van der Waals surface area (Å²) in [5.41, 5.74) is 0.716. The number of hydrogen-bond acceptors (Lipinski definition) is 6. The molecule has 2 N–H and O–H groups in total. The summed E-state index contributed by atoms with van der Waals surface area (Å²) in [5.74, 6) is -0.856. The van der Waals surface area contributed by atoms with Crippen molar-refractivity contribution in [2.45, 2.75) is 0 Å². The number of nitrogens with zero attached hydrogens (tertiary/aromatic N) is 2. The number of halogens is 1. The summed E-state index contributed by atoms with van der Waals surface area (Å²) in [6, 6.07) is 21.0.